The molecule has 5 heteroatoms. The number of nitrogens with one attached hydrogen (secondary N) is 2. The van der Waals surface area contributed by atoms with Crippen LogP contribution < -0.4 is 16.4 Å². The van der Waals surface area contributed by atoms with Crippen LogP contribution in [-0.4, -0.2) is 30.0 Å². The molecular weight excluding hydrogens is 240 g/mol. The second kappa shape index (κ2) is 8.48. The number of nitrogens with two attached hydrogens (primary N) is 1. The van der Waals surface area contributed by atoms with E-state index in [1.165, 1.54) is 0 Å². The van der Waals surface area contributed by atoms with Gasteiger partial charge in [0, 0.05) is 19.3 Å². The predicted octanol–water partition coefficient (Wildman–Crippen LogP) is 1.37. The molecular formula is C14H24N4O. The Hall–Kier alpha value is -1.62. The fourth-order valence-electron chi connectivity index (χ4n) is 1.57. The van der Waals surface area contributed by atoms with Gasteiger partial charge in [0.2, 0.25) is 5.91 Å². The SMILES string of the molecule is CC(C)[C@H](N)C(=O)NCCCCNc1ccccn1. The number of nitrogens with zero attached hydrogens (tertiary/aromatic N) is 1. The van der Waals surface area contributed by atoms with Crippen LogP contribution in [0.25, 0.3) is 0 Å². The standard InChI is InChI=1S/C14H24N4O/c1-11(2)13(15)14(19)18-10-6-5-9-17-12-7-3-4-8-16-12/h3-4,7-8,11,13H,5-6,9-10,15H2,1-2H3,(H,16,17)(H,18,19)/t13-/m0/s1. The molecule has 0 saturated carbocycles. The molecule has 4 N–H and O–H groups in total. The molecule has 1 aromatic heterocycles. The van der Waals surface area contributed by atoms with Gasteiger partial charge in [-0.3, -0.25) is 4.79 Å². The lowest BCUT2D eigenvalue weighted by Crippen LogP contribution is -2.44. The smallest absolute Gasteiger partial charge is 0.237 e. The number of unbranched alkanes of at least 4 members (excludes halogenated alkanes) is 1. The highest BCUT2D eigenvalue weighted by Crippen LogP contribution is 2.00. The number of aromatic nitrogens is 1. The summed E-state index contributed by atoms with van der Waals surface area (Å²) in [6.07, 6.45) is 3.67. The Morgan fingerprint density at radius 2 is 2.05 bits per heavy atom. The summed E-state index contributed by atoms with van der Waals surface area (Å²) in [5.74, 6) is 0.992. The molecule has 19 heavy (non-hydrogen) atoms. The first-order valence-corrected chi connectivity index (χ1v) is 6.79. The van der Waals surface area contributed by atoms with Crippen LogP contribution in [-0.2, 0) is 4.79 Å². The molecule has 0 bridgehead atoms. The average Bonchev–Trinajstić information content (AvgIpc) is 2.42. The number of hydrogen-bond donors (Lipinski definition) is 3. The summed E-state index contributed by atoms with van der Waals surface area (Å²) in [4.78, 5) is 15.7. The highest BCUT2D eigenvalue weighted by molar-refractivity contribution is 5.81. The van der Waals surface area contributed by atoms with Gasteiger partial charge < -0.3 is 16.4 Å². The zero-order valence-electron chi connectivity index (χ0n) is 11.7. The van der Waals surface area contributed by atoms with Gasteiger partial charge in [0.25, 0.3) is 0 Å². The molecule has 1 amide bonds. The van der Waals surface area contributed by atoms with Crippen molar-refractivity contribution in [2.75, 3.05) is 18.4 Å². The number of pyridine rings is 1. The van der Waals surface area contributed by atoms with Crippen LogP contribution >= 0.6 is 0 Å². The molecule has 1 heterocycles. The monoisotopic (exact) mass is 264 g/mol. The van der Waals surface area contributed by atoms with E-state index in [2.05, 4.69) is 15.6 Å². The Kier molecular flexibility index (Phi) is 6.89. The third kappa shape index (κ3) is 6.20. The zero-order chi connectivity index (χ0) is 14.1. The van der Waals surface area contributed by atoms with Gasteiger partial charge in [-0.25, -0.2) is 4.98 Å². The second-order valence-corrected chi connectivity index (χ2v) is 4.91. The largest absolute Gasteiger partial charge is 0.370 e. The lowest BCUT2D eigenvalue weighted by Gasteiger charge is -2.15. The Morgan fingerprint density at radius 3 is 2.68 bits per heavy atom. The Morgan fingerprint density at radius 1 is 1.32 bits per heavy atom. The highest BCUT2D eigenvalue weighted by Gasteiger charge is 2.15. The van der Waals surface area contributed by atoms with Crippen LogP contribution in [0.1, 0.15) is 26.7 Å². The number of carbonyl (C=O) groups excluding carboxylic acids is 1. The first-order valence-electron chi connectivity index (χ1n) is 6.79. The second-order valence-electron chi connectivity index (χ2n) is 4.91. The third-order valence-electron chi connectivity index (χ3n) is 2.89. The molecule has 106 valence electrons. The first kappa shape index (κ1) is 15.4. The van der Waals surface area contributed by atoms with Crippen LogP contribution in [0.5, 0.6) is 0 Å². The molecule has 0 spiro atoms. The van der Waals surface area contributed by atoms with Crippen molar-refractivity contribution in [1.29, 1.82) is 0 Å². The topological polar surface area (TPSA) is 80.0 Å². The highest BCUT2D eigenvalue weighted by atomic mass is 16.2. The molecule has 0 radical (unpaired) electrons. The van der Waals surface area contributed by atoms with Crippen molar-refractivity contribution >= 4 is 11.7 Å². The number of carbonyl (C=O) groups is 1. The zero-order valence-corrected chi connectivity index (χ0v) is 11.7. The summed E-state index contributed by atoms with van der Waals surface area (Å²) in [6, 6.07) is 5.36. The van der Waals surface area contributed by atoms with Gasteiger partial charge in [-0.05, 0) is 30.9 Å². The Balaban J connectivity index is 2.04. The van der Waals surface area contributed by atoms with Gasteiger partial charge in [0.05, 0.1) is 6.04 Å². The van der Waals surface area contributed by atoms with Gasteiger partial charge in [-0.2, -0.15) is 0 Å². The minimum Gasteiger partial charge on any atom is -0.370 e. The fraction of sp³-hybridized carbons (Fsp3) is 0.571. The third-order valence-corrected chi connectivity index (χ3v) is 2.89. The molecule has 0 aliphatic carbocycles. The lowest BCUT2D eigenvalue weighted by atomic mass is 10.1. The molecule has 0 aliphatic heterocycles. The summed E-state index contributed by atoms with van der Waals surface area (Å²) in [5.41, 5.74) is 5.74. The average molecular weight is 264 g/mol. The first-order chi connectivity index (χ1) is 9.11. The number of anilines is 1. The van der Waals surface area contributed by atoms with Crippen molar-refractivity contribution in [3.63, 3.8) is 0 Å². The lowest BCUT2D eigenvalue weighted by molar-refractivity contribution is -0.123. The molecule has 0 aromatic carbocycles. The van der Waals surface area contributed by atoms with Gasteiger partial charge in [0.1, 0.15) is 5.82 Å². The quantitative estimate of drug-likeness (QED) is 0.620. The minimum atomic E-state index is -0.411. The van der Waals surface area contributed by atoms with Crippen molar-refractivity contribution < 1.29 is 4.79 Å². The number of hydrogen-bond acceptors (Lipinski definition) is 4. The fourth-order valence-corrected chi connectivity index (χ4v) is 1.57. The van der Waals surface area contributed by atoms with E-state index in [0.29, 0.717) is 6.54 Å². The van der Waals surface area contributed by atoms with E-state index in [9.17, 15) is 4.79 Å². The molecule has 0 fully saturated rings. The van der Waals surface area contributed by atoms with E-state index in [0.717, 1.165) is 25.2 Å². The van der Waals surface area contributed by atoms with Crippen molar-refractivity contribution in [3.05, 3.63) is 24.4 Å². The van der Waals surface area contributed by atoms with Crippen molar-refractivity contribution in [2.45, 2.75) is 32.7 Å². The van der Waals surface area contributed by atoms with Gasteiger partial charge in [-0.1, -0.05) is 19.9 Å². The molecule has 0 saturated heterocycles. The molecule has 0 unspecified atom stereocenters. The van der Waals surface area contributed by atoms with E-state index >= 15 is 0 Å². The normalized spacial score (nSPS) is 12.2. The molecule has 5 nitrogen and oxygen atoms in total. The van der Waals surface area contributed by atoms with E-state index in [1.54, 1.807) is 6.20 Å². The minimum absolute atomic E-state index is 0.0623. The van der Waals surface area contributed by atoms with E-state index in [-0.39, 0.29) is 11.8 Å². The van der Waals surface area contributed by atoms with Gasteiger partial charge in [0.15, 0.2) is 0 Å². The Labute approximate surface area is 115 Å². The van der Waals surface area contributed by atoms with E-state index in [4.69, 9.17) is 5.73 Å². The summed E-state index contributed by atoms with van der Waals surface area (Å²) in [7, 11) is 0. The maximum absolute atomic E-state index is 11.6. The van der Waals surface area contributed by atoms with Gasteiger partial charge >= 0.3 is 0 Å². The maximum Gasteiger partial charge on any atom is 0.237 e. The Bertz CT molecular complexity index is 367. The maximum atomic E-state index is 11.6. The number of amides is 1. The van der Waals surface area contributed by atoms with Crippen LogP contribution in [0.4, 0.5) is 5.82 Å². The van der Waals surface area contributed by atoms with Crippen molar-refractivity contribution in [1.82, 2.24) is 10.3 Å². The molecule has 1 aromatic rings. The molecule has 1 rings (SSSR count). The summed E-state index contributed by atoms with van der Waals surface area (Å²) >= 11 is 0. The summed E-state index contributed by atoms with van der Waals surface area (Å²) in [6.45, 7) is 5.41. The number of rotatable bonds is 8. The van der Waals surface area contributed by atoms with Crippen LogP contribution in [0.15, 0.2) is 24.4 Å². The van der Waals surface area contributed by atoms with E-state index < -0.39 is 6.04 Å². The van der Waals surface area contributed by atoms with Crippen molar-refractivity contribution in [2.24, 2.45) is 11.7 Å². The summed E-state index contributed by atoms with van der Waals surface area (Å²) in [5, 5.41) is 6.08. The van der Waals surface area contributed by atoms with Crippen molar-refractivity contribution in [3.8, 4) is 0 Å². The van der Waals surface area contributed by atoms with Crippen LogP contribution in [0.2, 0.25) is 0 Å². The van der Waals surface area contributed by atoms with Crippen LogP contribution in [0, 0.1) is 5.92 Å². The predicted molar refractivity (Wildman–Crippen MR) is 77.8 cm³/mol. The molecule has 1 atom stereocenters. The summed E-state index contributed by atoms with van der Waals surface area (Å²) < 4.78 is 0. The van der Waals surface area contributed by atoms with Gasteiger partial charge in [-0.15, -0.1) is 0 Å². The molecule has 0 aliphatic rings. The van der Waals surface area contributed by atoms with Crippen LogP contribution in [0.3, 0.4) is 0 Å². The van der Waals surface area contributed by atoms with E-state index in [1.807, 2.05) is 32.0 Å².